The molecule has 0 spiro atoms. The molecule has 1 aliphatic heterocycles. The van der Waals surface area contributed by atoms with Crippen molar-refractivity contribution in [1.82, 2.24) is 10.2 Å². The summed E-state index contributed by atoms with van der Waals surface area (Å²) in [7, 11) is 1.44. The number of furan rings is 1. The van der Waals surface area contributed by atoms with Crippen molar-refractivity contribution in [3.05, 3.63) is 65.6 Å². The Labute approximate surface area is 182 Å². The zero-order chi connectivity index (χ0) is 22.5. The fourth-order valence-corrected chi connectivity index (χ4v) is 3.02. The lowest BCUT2D eigenvalue weighted by molar-refractivity contribution is -0.128. The number of carbonyl (C=O) groups is 3. The van der Waals surface area contributed by atoms with Crippen LogP contribution in [0.5, 0.6) is 11.5 Å². The summed E-state index contributed by atoms with van der Waals surface area (Å²) in [6.45, 7) is 3.73. The van der Waals surface area contributed by atoms with E-state index in [0.29, 0.717) is 22.8 Å². The number of rotatable bonds is 8. The summed E-state index contributed by atoms with van der Waals surface area (Å²) in [5, 5.41) is 11.4. The van der Waals surface area contributed by atoms with Crippen LogP contribution in [0.3, 0.4) is 0 Å². The average Bonchev–Trinajstić information content (AvgIpc) is 3.22. The van der Waals surface area contributed by atoms with Crippen LogP contribution in [0.1, 0.15) is 21.9 Å². The fourth-order valence-electron chi connectivity index (χ4n) is 2.77. The maximum absolute atomic E-state index is 12.6. The Balaban J connectivity index is 1.80. The summed E-state index contributed by atoms with van der Waals surface area (Å²) in [5.41, 5.74) is 0.447. The van der Waals surface area contributed by atoms with Crippen LogP contribution in [-0.2, 0) is 16.2 Å². The van der Waals surface area contributed by atoms with Gasteiger partial charge in [-0.25, -0.2) is 4.79 Å². The number of nitrogens with one attached hydrogen (secondary N) is 1. The van der Waals surface area contributed by atoms with Crippen LogP contribution in [0.2, 0.25) is 0 Å². The molecule has 0 aliphatic carbocycles. The first-order chi connectivity index (χ1) is 14.8. The number of carboxylic acid groups (broad SMARTS) is 1. The second-order valence-corrected chi connectivity index (χ2v) is 6.68. The van der Waals surface area contributed by atoms with Crippen LogP contribution >= 0.6 is 12.2 Å². The maximum atomic E-state index is 12.6. The highest BCUT2D eigenvalue weighted by atomic mass is 32.1. The van der Waals surface area contributed by atoms with Crippen LogP contribution < -0.4 is 14.8 Å². The van der Waals surface area contributed by atoms with E-state index < -0.39 is 17.8 Å². The van der Waals surface area contributed by atoms with E-state index in [0.717, 1.165) is 0 Å². The lowest BCUT2D eigenvalue weighted by atomic mass is 10.1. The summed E-state index contributed by atoms with van der Waals surface area (Å²) < 4.78 is 16.1. The molecule has 31 heavy (non-hydrogen) atoms. The Bertz CT molecular complexity index is 1100. The molecule has 2 aromatic rings. The lowest BCUT2D eigenvalue weighted by Crippen LogP contribution is -2.53. The molecule has 0 radical (unpaired) electrons. The Morgan fingerprint density at radius 1 is 1.29 bits per heavy atom. The molecule has 2 amide bonds. The van der Waals surface area contributed by atoms with Gasteiger partial charge in [0.15, 0.2) is 16.6 Å². The normalized spacial score (nSPS) is 15.1. The molecule has 160 valence electrons. The van der Waals surface area contributed by atoms with E-state index >= 15 is 0 Å². The molecule has 2 heterocycles. The van der Waals surface area contributed by atoms with Gasteiger partial charge >= 0.3 is 5.97 Å². The summed E-state index contributed by atoms with van der Waals surface area (Å²) in [6.07, 6.45) is 2.93. The van der Waals surface area contributed by atoms with Crippen molar-refractivity contribution in [2.75, 3.05) is 13.7 Å². The number of nitrogens with zero attached hydrogens (tertiary/aromatic N) is 1. The number of ether oxygens (including phenoxy) is 2. The molecule has 0 bridgehead atoms. The minimum Gasteiger partial charge on any atom is -0.493 e. The number of carbonyl (C=O) groups excluding carboxylic acids is 2. The van der Waals surface area contributed by atoms with Crippen molar-refractivity contribution in [3.63, 3.8) is 0 Å². The van der Waals surface area contributed by atoms with Gasteiger partial charge in [0, 0.05) is 6.54 Å². The third-order valence-electron chi connectivity index (χ3n) is 4.24. The fraction of sp³-hybridized carbons (Fsp3) is 0.143. The number of benzene rings is 1. The zero-order valence-electron chi connectivity index (χ0n) is 16.4. The number of methoxy groups -OCH3 is 1. The minimum atomic E-state index is -1.17. The number of amides is 2. The number of hydrogen-bond donors (Lipinski definition) is 2. The van der Waals surface area contributed by atoms with E-state index in [2.05, 4.69) is 11.9 Å². The van der Waals surface area contributed by atoms with Crippen molar-refractivity contribution in [1.29, 1.82) is 0 Å². The summed E-state index contributed by atoms with van der Waals surface area (Å²) in [5.74, 6) is -1.44. The molecule has 2 N–H and O–H groups in total. The molecule has 0 atom stereocenters. The second-order valence-electron chi connectivity index (χ2n) is 6.29. The molecule has 1 saturated heterocycles. The third kappa shape index (κ3) is 4.81. The quantitative estimate of drug-likeness (QED) is 0.277. The first-order valence-electron chi connectivity index (χ1n) is 8.96. The molecule has 3 rings (SSSR count). The van der Waals surface area contributed by atoms with Gasteiger partial charge in [0.1, 0.15) is 17.9 Å². The van der Waals surface area contributed by atoms with Crippen molar-refractivity contribution in [3.8, 4) is 11.5 Å². The zero-order valence-corrected chi connectivity index (χ0v) is 17.2. The van der Waals surface area contributed by atoms with Gasteiger partial charge in [0.2, 0.25) is 5.76 Å². The summed E-state index contributed by atoms with van der Waals surface area (Å²) in [6, 6.07) is 7.67. The van der Waals surface area contributed by atoms with Crippen molar-refractivity contribution in [2.45, 2.75) is 6.61 Å². The highest BCUT2D eigenvalue weighted by Crippen LogP contribution is 2.30. The van der Waals surface area contributed by atoms with Gasteiger partial charge in [-0.05, 0) is 48.1 Å². The Hall–Kier alpha value is -3.92. The Morgan fingerprint density at radius 3 is 2.71 bits per heavy atom. The monoisotopic (exact) mass is 442 g/mol. The molecule has 1 aliphatic rings. The van der Waals surface area contributed by atoms with E-state index in [4.69, 9.17) is 31.2 Å². The Morgan fingerprint density at radius 2 is 2.06 bits per heavy atom. The SMILES string of the molecule is C=CCN1C(=O)C(=Cc2ccc(OCc3ccc(C(=O)O)o3)c(OC)c2)C(=O)NC1=S. The van der Waals surface area contributed by atoms with Crippen LogP contribution in [0, 0.1) is 0 Å². The number of thiocarbonyl (C=S) groups is 1. The van der Waals surface area contributed by atoms with Gasteiger partial charge in [0.25, 0.3) is 11.8 Å². The number of aromatic carboxylic acids is 1. The highest BCUT2D eigenvalue weighted by molar-refractivity contribution is 7.80. The van der Waals surface area contributed by atoms with E-state index in [9.17, 15) is 14.4 Å². The van der Waals surface area contributed by atoms with Crippen LogP contribution in [0.25, 0.3) is 6.08 Å². The predicted molar refractivity (Wildman–Crippen MR) is 114 cm³/mol. The van der Waals surface area contributed by atoms with Crippen LogP contribution in [-0.4, -0.2) is 46.6 Å². The highest BCUT2D eigenvalue weighted by Gasteiger charge is 2.32. The first-order valence-corrected chi connectivity index (χ1v) is 9.37. The van der Waals surface area contributed by atoms with E-state index in [1.807, 2.05) is 0 Å². The molecule has 0 unspecified atom stereocenters. The number of carboxylic acids is 1. The first kappa shape index (κ1) is 21.8. The van der Waals surface area contributed by atoms with E-state index in [1.54, 1.807) is 18.2 Å². The van der Waals surface area contributed by atoms with Crippen molar-refractivity contribution >= 4 is 41.2 Å². The standard InChI is InChI=1S/C21H18N2O7S/c1-3-8-23-19(25)14(18(24)22-21(23)31)9-12-4-6-15(17(10-12)28-2)29-11-13-5-7-16(30-13)20(26)27/h3-7,9-10H,1,8,11H2,2H3,(H,26,27)(H,22,24,31). The van der Waals surface area contributed by atoms with Crippen molar-refractivity contribution in [2.24, 2.45) is 0 Å². The van der Waals surface area contributed by atoms with Gasteiger partial charge in [-0.15, -0.1) is 6.58 Å². The third-order valence-corrected chi connectivity index (χ3v) is 4.56. The van der Waals surface area contributed by atoms with E-state index in [1.165, 1.54) is 36.3 Å². The average molecular weight is 442 g/mol. The molecular weight excluding hydrogens is 424 g/mol. The largest absolute Gasteiger partial charge is 0.493 e. The Kier molecular flexibility index (Phi) is 6.51. The lowest BCUT2D eigenvalue weighted by Gasteiger charge is -2.27. The molecule has 10 heteroatoms. The maximum Gasteiger partial charge on any atom is 0.371 e. The predicted octanol–water partition coefficient (Wildman–Crippen LogP) is 2.38. The van der Waals surface area contributed by atoms with Gasteiger partial charge < -0.3 is 19.0 Å². The minimum absolute atomic E-state index is 0.0150. The van der Waals surface area contributed by atoms with Crippen LogP contribution in [0.15, 0.2) is 53.0 Å². The summed E-state index contributed by atoms with van der Waals surface area (Å²) in [4.78, 5) is 37.0. The van der Waals surface area contributed by atoms with Gasteiger partial charge in [0.05, 0.1) is 7.11 Å². The molecule has 1 aromatic heterocycles. The molecular formula is C21H18N2O7S. The molecule has 0 saturated carbocycles. The van der Waals surface area contributed by atoms with Crippen molar-refractivity contribution < 1.29 is 33.4 Å². The van der Waals surface area contributed by atoms with Gasteiger partial charge in [-0.3, -0.25) is 19.8 Å². The van der Waals surface area contributed by atoms with Gasteiger partial charge in [-0.2, -0.15) is 0 Å². The second kappa shape index (κ2) is 9.26. The topological polar surface area (TPSA) is 118 Å². The van der Waals surface area contributed by atoms with E-state index in [-0.39, 0.29) is 29.6 Å². The molecule has 9 nitrogen and oxygen atoms in total. The molecule has 1 fully saturated rings. The molecule has 1 aromatic carbocycles. The summed E-state index contributed by atoms with van der Waals surface area (Å²) >= 11 is 5.03. The number of hydrogen-bond acceptors (Lipinski definition) is 7. The van der Waals surface area contributed by atoms with Crippen LogP contribution in [0.4, 0.5) is 0 Å². The van der Waals surface area contributed by atoms with Gasteiger partial charge in [-0.1, -0.05) is 12.1 Å². The smallest absolute Gasteiger partial charge is 0.371 e.